The fourth-order valence-electron chi connectivity index (χ4n) is 1.39. The highest BCUT2D eigenvalue weighted by molar-refractivity contribution is 5.99. The summed E-state index contributed by atoms with van der Waals surface area (Å²) in [6, 6.07) is 12.9. The number of rotatable bonds is 2. The zero-order chi connectivity index (χ0) is 11.4. The number of hydrogen-bond acceptors (Lipinski definition) is 3. The predicted octanol–water partition coefficient (Wildman–Crippen LogP) is 2.78. The first-order valence-corrected chi connectivity index (χ1v) is 4.96. The number of aliphatic imine (C=N–C) groups is 1. The van der Waals surface area contributed by atoms with E-state index in [4.69, 9.17) is 4.42 Å². The average molecular weight is 213 g/mol. The van der Waals surface area contributed by atoms with E-state index in [0.29, 0.717) is 11.3 Å². The van der Waals surface area contributed by atoms with Gasteiger partial charge in [0.15, 0.2) is 0 Å². The van der Waals surface area contributed by atoms with Crippen LogP contribution in [0.3, 0.4) is 0 Å². The fraction of sp³-hybridized carbons (Fsp3) is 0.0769. The van der Waals surface area contributed by atoms with E-state index in [1.165, 1.54) is 6.26 Å². The third-order valence-electron chi connectivity index (χ3n) is 2.18. The van der Waals surface area contributed by atoms with Gasteiger partial charge < -0.3 is 4.42 Å². The predicted molar refractivity (Wildman–Crippen MR) is 63.3 cm³/mol. The molecule has 0 atom stereocenters. The Balaban J connectivity index is 2.40. The standard InChI is InChI=1S/C13H11NO2/c1-10(12-8-5-9-16-13(12)15)14-11-6-3-2-4-7-11/h2-9H,1H3. The van der Waals surface area contributed by atoms with Crippen molar-refractivity contribution in [3.8, 4) is 0 Å². The molecule has 0 radical (unpaired) electrons. The van der Waals surface area contributed by atoms with Gasteiger partial charge in [0.1, 0.15) is 0 Å². The van der Waals surface area contributed by atoms with Crippen LogP contribution >= 0.6 is 0 Å². The summed E-state index contributed by atoms with van der Waals surface area (Å²) >= 11 is 0. The minimum atomic E-state index is -0.361. The van der Waals surface area contributed by atoms with Gasteiger partial charge >= 0.3 is 5.63 Å². The molecule has 2 aromatic rings. The Kier molecular flexibility index (Phi) is 2.96. The molecular formula is C13H11NO2. The first kappa shape index (κ1) is 10.4. The molecule has 0 saturated carbocycles. The Morgan fingerprint density at radius 3 is 2.56 bits per heavy atom. The van der Waals surface area contributed by atoms with Gasteiger partial charge in [-0.05, 0) is 31.2 Å². The highest BCUT2D eigenvalue weighted by atomic mass is 16.4. The molecular weight excluding hydrogens is 202 g/mol. The van der Waals surface area contributed by atoms with E-state index in [0.717, 1.165) is 5.69 Å². The van der Waals surface area contributed by atoms with E-state index in [2.05, 4.69) is 4.99 Å². The van der Waals surface area contributed by atoms with Gasteiger partial charge in [0.2, 0.25) is 0 Å². The van der Waals surface area contributed by atoms with Crippen molar-refractivity contribution < 1.29 is 4.42 Å². The summed E-state index contributed by atoms with van der Waals surface area (Å²) in [5.74, 6) is 0. The maximum Gasteiger partial charge on any atom is 0.344 e. The lowest BCUT2D eigenvalue weighted by Crippen LogP contribution is -2.10. The zero-order valence-corrected chi connectivity index (χ0v) is 8.88. The van der Waals surface area contributed by atoms with Gasteiger partial charge in [0, 0.05) is 0 Å². The second-order valence-electron chi connectivity index (χ2n) is 3.35. The molecule has 0 spiro atoms. The summed E-state index contributed by atoms with van der Waals surface area (Å²) in [6.07, 6.45) is 1.36. The number of hydrogen-bond donors (Lipinski definition) is 0. The van der Waals surface area contributed by atoms with E-state index in [-0.39, 0.29) is 5.63 Å². The lowest BCUT2D eigenvalue weighted by atomic mass is 10.2. The molecule has 0 aliphatic rings. The minimum absolute atomic E-state index is 0.361. The minimum Gasteiger partial charge on any atom is -0.431 e. The molecule has 0 aliphatic carbocycles. The molecule has 1 aromatic carbocycles. The Morgan fingerprint density at radius 1 is 1.12 bits per heavy atom. The van der Waals surface area contributed by atoms with Crippen molar-refractivity contribution in [2.45, 2.75) is 6.92 Å². The lowest BCUT2D eigenvalue weighted by Gasteiger charge is -1.98. The Hall–Kier alpha value is -2.16. The van der Waals surface area contributed by atoms with Crippen molar-refractivity contribution in [3.05, 3.63) is 64.7 Å². The summed E-state index contributed by atoms with van der Waals surface area (Å²) in [4.78, 5) is 15.8. The molecule has 0 unspecified atom stereocenters. The average Bonchev–Trinajstić information content (AvgIpc) is 2.31. The van der Waals surface area contributed by atoms with Crippen LogP contribution in [0.5, 0.6) is 0 Å². The van der Waals surface area contributed by atoms with Crippen molar-refractivity contribution in [2.75, 3.05) is 0 Å². The zero-order valence-electron chi connectivity index (χ0n) is 8.88. The van der Waals surface area contributed by atoms with Crippen molar-refractivity contribution in [3.63, 3.8) is 0 Å². The highest BCUT2D eigenvalue weighted by Gasteiger charge is 2.03. The van der Waals surface area contributed by atoms with E-state index < -0.39 is 0 Å². The number of para-hydroxylation sites is 1. The van der Waals surface area contributed by atoms with E-state index in [1.54, 1.807) is 19.1 Å². The molecule has 0 aliphatic heterocycles. The summed E-state index contributed by atoms with van der Waals surface area (Å²) in [5.41, 5.74) is 1.61. The highest BCUT2D eigenvalue weighted by Crippen LogP contribution is 2.11. The van der Waals surface area contributed by atoms with Crippen molar-refractivity contribution >= 4 is 11.4 Å². The lowest BCUT2D eigenvalue weighted by molar-refractivity contribution is 0.509. The Morgan fingerprint density at radius 2 is 1.88 bits per heavy atom. The molecule has 0 bridgehead atoms. The molecule has 0 saturated heterocycles. The molecule has 2 rings (SSSR count). The quantitative estimate of drug-likeness (QED) is 0.720. The topological polar surface area (TPSA) is 42.6 Å². The van der Waals surface area contributed by atoms with E-state index in [1.807, 2.05) is 30.3 Å². The summed E-state index contributed by atoms with van der Waals surface area (Å²) in [6.45, 7) is 1.79. The maximum absolute atomic E-state index is 11.4. The third-order valence-corrected chi connectivity index (χ3v) is 2.18. The summed E-state index contributed by atoms with van der Waals surface area (Å²) in [5, 5.41) is 0. The molecule has 0 fully saturated rings. The first-order chi connectivity index (χ1) is 7.77. The Labute approximate surface area is 93.1 Å². The largest absolute Gasteiger partial charge is 0.431 e. The molecule has 0 amide bonds. The second kappa shape index (κ2) is 4.57. The molecule has 80 valence electrons. The second-order valence-corrected chi connectivity index (χ2v) is 3.35. The monoisotopic (exact) mass is 213 g/mol. The smallest absolute Gasteiger partial charge is 0.344 e. The van der Waals surface area contributed by atoms with Crippen LogP contribution in [-0.4, -0.2) is 5.71 Å². The van der Waals surface area contributed by atoms with Crippen LogP contribution in [0.25, 0.3) is 0 Å². The summed E-state index contributed by atoms with van der Waals surface area (Å²) < 4.78 is 4.78. The van der Waals surface area contributed by atoms with Crippen LogP contribution in [0, 0.1) is 0 Å². The maximum atomic E-state index is 11.4. The van der Waals surface area contributed by atoms with Gasteiger partial charge in [-0.25, -0.2) is 4.79 Å². The van der Waals surface area contributed by atoms with Gasteiger partial charge in [-0.1, -0.05) is 18.2 Å². The van der Waals surface area contributed by atoms with Gasteiger partial charge in [-0.3, -0.25) is 4.99 Å². The molecule has 0 N–H and O–H groups in total. The Bertz CT molecular complexity index is 555. The van der Waals surface area contributed by atoms with Gasteiger partial charge in [-0.15, -0.1) is 0 Å². The van der Waals surface area contributed by atoms with Gasteiger partial charge in [0.05, 0.1) is 23.2 Å². The van der Waals surface area contributed by atoms with Crippen molar-refractivity contribution in [1.82, 2.24) is 0 Å². The van der Waals surface area contributed by atoms with Crippen LogP contribution in [0.1, 0.15) is 12.5 Å². The third kappa shape index (κ3) is 2.25. The normalized spacial score (nSPS) is 11.4. The fourth-order valence-corrected chi connectivity index (χ4v) is 1.39. The van der Waals surface area contributed by atoms with Crippen LogP contribution in [-0.2, 0) is 0 Å². The molecule has 3 nitrogen and oxygen atoms in total. The SMILES string of the molecule is CC(=Nc1ccccc1)c1cccoc1=O. The van der Waals surface area contributed by atoms with Crippen LogP contribution < -0.4 is 5.63 Å². The molecule has 1 heterocycles. The van der Waals surface area contributed by atoms with Crippen LogP contribution in [0.15, 0.2) is 62.9 Å². The van der Waals surface area contributed by atoms with Crippen LogP contribution in [0.4, 0.5) is 5.69 Å². The first-order valence-electron chi connectivity index (χ1n) is 4.96. The number of nitrogens with zero attached hydrogens (tertiary/aromatic N) is 1. The molecule has 1 aromatic heterocycles. The van der Waals surface area contributed by atoms with E-state index >= 15 is 0 Å². The molecule has 3 heteroatoms. The van der Waals surface area contributed by atoms with Crippen LogP contribution in [0.2, 0.25) is 0 Å². The van der Waals surface area contributed by atoms with Crippen molar-refractivity contribution in [2.24, 2.45) is 4.99 Å². The number of benzene rings is 1. The molecule has 16 heavy (non-hydrogen) atoms. The van der Waals surface area contributed by atoms with Gasteiger partial charge in [-0.2, -0.15) is 0 Å². The summed E-state index contributed by atoms with van der Waals surface area (Å²) in [7, 11) is 0. The van der Waals surface area contributed by atoms with Gasteiger partial charge in [0.25, 0.3) is 0 Å². The van der Waals surface area contributed by atoms with Crippen molar-refractivity contribution in [1.29, 1.82) is 0 Å². The van der Waals surface area contributed by atoms with E-state index in [9.17, 15) is 4.79 Å².